The Bertz CT molecular complexity index is 550. The van der Waals surface area contributed by atoms with E-state index in [4.69, 9.17) is 4.74 Å². The number of ether oxygens (including phenoxy) is 1. The van der Waals surface area contributed by atoms with Gasteiger partial charge in [0.2, 0.25) is 0 Å². The first-order valence-electron chi connectivity index (χ1n) is 5.90. The van der Waals surface area contributed by atoms with Crippen LogP contribution in [0.15, 0.2) is 23.3 Å². The molecule has 2 heterocycles. The monoisotopic (exact) mass is 248 g/mol. The minimum Gasteiger partial charge on any atom is -0.363 e. The van der Waals surface area contributed by atoms with Crippen LogP contribution in [0.5, 0.6) is 0 Å². The Morgan fingerprint density at radius 3 is 3.06 bits per heavy atom. The smallest absolute Gasteiger partial charge is 0.200 e. The van der Waals surface area contributed by atoms with Crippen molar-refractivity contribution in [3.05, 3.63) is 29.7 Å². The first-order chi connectivity index (χ1) is 8.76. The van der Waals surface area contributed by atoms with Gasteiger partial charge in [0.05, 0.1) is 6.20 Å². The molecule has 6 nitrogen and oxygen atoms in total. The lowest BCUT2D eigenvalue weighted by molar-refractivity contribution is -0.102. The lowest BCUT2D eigenvalue weighted by Gasteiger charge is -2.09. The molecule has 2 rings (SSSR count). The van der Waals surface area contributed by atoms with Crippen LogP contribution in [0, 0.1) is 0 Å². The summed E-state index contributed by atoms with van der Waals surface area (Å²) >= 11 is 0. The molecule has 18 heavy (non-hydrogen) atoms. The second-order valence-electron chi connectivity index (χ2n) is 3.65. The first kappa shape index (κ1) is 12.7. The fraction of sp³-hybridized carbons (Fsp3) is 0.417. The highest BCUT2D eigenvalue weighted by atomic mass is 16.6. The summed E-state index contributed by atoms with van der Waals surface area (Å²) < 4.78 is 6.70. The summed E-state index contributed by atoms with van der Waals surface area (Å²) in [6.07, 6.45) is 2.23. The molecule has 0 aliphatic rings. The van der Waals surface area contributed by atoms with Crippen molar-refractivity contribution in [3.8, 4) is 0 Å². The number of aliphatic hydroxyl groups excluding tert-OH is 1. The number of hydrogen-bond acceptors (Lipinski definition) is 5. The van der Waals surface area contributed by atoms with Crippen LogP contribution in [0.3, 0.4) is 0 Å². The van der Waals surface area contributed by atoms with Crippen molar-refractivity contribution in [2.24, 2.45) is 4.99 Å². The molecule has 2 aromatic heterocycles. The van der Waals surface area contributed by atoms with E-state index < -0.39 is 6.29 Å². The van der Waals surface area contributed by atoms with Crippen molar-refractivity contribution in [1.82, 2.24) is 14.6 Å². The molecule has 0 aliphatic heterocycles. The second-order valence-corrected chi connectivity index (χ2v) is 3.65. The SMILES string of the molecule is CCN=Cc1ccc2ncc(C(O)OCC)n2n1. The number of aromatic nitrogens is 3. The van der Waals surface area contributed by atoms with Crippen LogP contribution in [0.1, 0.15) is 31.5 Å². The van der Waals surface area contributed by atoms with Crippen LogP contribution >= 0.6 is 0 Å². The molecule has 0 bridgehead atoms. The fourth-order valence-corrected chi connectivity index (χ4v) is 1.57. The van der Waals surface area contributed by atoms with E-state index in [9.17, 15) is 5.11 Å². The number of rotatable bonds is 5. The summed E-state index contributed by atoms with van der Waals surface area (Å²) in [7, 11) is 0. The average molecular weight is 248 g/mol. The maximum absolute atomic E-state index is 9.82. The lowest BCUT2D eigenvalue weighted by Crippen LogP contribution is -2.08. The van der Waals surface area contributed by atoms with E-state index >= 15 is 0 Å². The number of fused-ring (bicyclic) bond motifs is 1. The fourth-order valence-electron chi connectivity index (χ4n) is 1.57. The van der Waals surface area contributed by atoms with Gasteiger partial charge in [-0.3, -0.25) is 4.99 Å². The van der Waals surface area contributed by atoms with E-state index in [2.05, 4.69) is 15.1 Å². The molecule has 0 saturated carbocycles. The molecular weight excluding hydrogens is 232 g/mol. The Morgan fingerprint density at radius 1 is 1.50 bits per heavy atom. The highest BCUT2D eigenvalue weighted by molar-refractivity contribution is 5.77. The van der Waals surface area contributed by atoms with E-state index in [1.54, 1.807) is 16.9 Å². The third-order valence-corrected chi connectivity index (χ3v) is 2.39. The molecule has 0 radical (unpaired) electrons. The summed E-state index contributed by atoms with van der Waals surface area (Å²) in [4.78, 5) is 8.29. The number of nitrogens with zero attached hydrogens (tertiary/aromatic N) is 4. The van der Waals surface area contributed by atoms with E-state index in [0.29, 0.717) is 30.2 Å². The average Bonchev–Trinajstić information content (AvgIpc) is 2.79. The first-order valence-corrected chi connectivity index (χ1v) is 5.90. The van der Waals surface area contributed by atoms with Crippen LogP contribution in [0.2, 0.25) is 0 Å². The van der Waals surface area contributed by atoms with Gasteiger partial charge in [0.25, 0.3) is 0 Å². The van der Waals surface area contributed by atoms with Gasteiger partial charge in [0.15, 0.2) is 11.9 Å². The molecule has 96 valence electrons. The van der Waals surface area contributed by atoms with Gasteiger partial charge in [0.1, 0.15) is 11.4 Å². The molecule has 2 aromatic rings. The van der Waals surface area contributed by atoms with Gasteiger partial charge in [-0.1, -0.05) is 0 Å². The Morgan fingerprint density at radius 2 is 2.33 bits per heavy atom. The summed E-state index contributed by atoms with van der Waals surface area (Å²) in [5.41, 5.74) is 1.89. The Labute approximate surface area is 105 Å². The van der Waals surface area contributed by atoms with Crippen LogP contribution in [-0.2, 0) is 4.74 Å². The van der Waals surface area contributed by atoms with Crippen molar-refractivity contribution in [1.29, 1.82) is 0 Å². The Balaban J connectivity index is 2.39. The predicted octanol–water partition coefficient (Wildman–Crippen LogP) is 1.20. The highest BCUT2D eigenvalue weighted by Gasteiger charge is 2.14. The molecule has 1 atom stereocenters. The van der Waals surface area contributed by atoms with Gasteiger partial charge in [-0.05, 0) is 26.0 Å². The lowest BCUT2D eigenvalue weighted by atomic mass is 10.4. The third kappa shape index (κ3) is 2.55. The normalized spacial score (nSPS) is 13.5. The van der Waals surface area contributed by atoms with E-state index in [1.807, 2.05) is 26.0 Å². The molecule has 1 unspecified atom stereocenters. The van der Waals surface area contributed by atoms with Gasteiger partial charge < -0.3 is 9.84 Å². The van der Waals surface area contributed by atoms with Gasteiger partial charge in [-0.25, -0.2) is 9.50 Å². The van der Waals surface area contributed by atoms with E-state index in [0.717, 1.165) is 0 Å². The van der Waals surface area contributed by atoms with Crippen molar-refractivity contribution in [2.45, 2.75) is 20.1 Å². The largest absolute Gasteiger partial charge is 0.363 e. The summed E-state index contributed by atoms with van der Waals surface area (Å²) in [6.45, 7) is 4.90. The van der Waals surface area contributed by atoms with Crippen LogP contribution < -0.4 is 0 Å². The molecule has 1 N–H and O–H groups in total. The zero-order valence-electron chi connectivity index (χ0n) is 10.4. The predicted molar refractivity (Wildman–Crippen MR) is 67.7 cm³/mol. The molecule has 0 fully saturated rings. The Hall–Kier alpha value is -1.79. The number of imidazole rings is 1. The molecule has 0 aromatic carbocycles. The minimum atomic E-state index is -1.02. The van der Waals surface area contributed by atoms with Gasteiger partial charge in [0, 0.05) is 19.4 Å². The van der Waals surface area contributed by atoms with Crippen molar-refractivity contribution in [3.63, 3.8) is 0 Å². The van der Waals surface area contributed by atoms with E-state index in [1.165, 1.54) is 0 Å². The van der Waals surface area contributed by atoms with Crippen LogP contribution in [-0.4, -0.2) is 39.1 Å². The molecule has 0 aliphatic carbocycles. The third-order valence-electron chi connectivity index (χ3n) is 2.39. The zero-order chi connectivity index (χ0) is 13.0. The number of hydrogen-bond donors (Lipinski definition) is 1. The van der Waals surface area contributed by atoms with Crippen LogP contribution in [0.4, 0.5) is 0 Å². The topological polar surface area (TPSA) is 72.0 Å². The zero-order valence-corrected chi connectivity index (χ0v) is 10.4. The maximum Gasteiger partial charge on any atom is 0.200 e. The van der Waals surface area contributed by atoms with Gasteiger partial charge in [-0.15, -0.1) is 0 Å². The quantitative estimate of drug-likeness (QED) is 0.637. The number of aliphatic imine (C=N–C) groups is 1. The minimum absolute atomic E-state index is 0.422. The molecule has 0 saturated heterocycles. The molecular formula is C12H16N4O2. The maximum atomic E-state index is 9.82. The van der Waals surface area contributed by atoms with Crippen molar-refractivity contribution >= 4 is 11.9 Å². The molecule has 6 heteroatoms. The number of aliphatic hydroxyl groups is 1. The summed E-state index contributed by atoms with van der Waals surface area (Å²) in [5, 5.41) is 14.2. The Kier molecular flexibility index (Phi) is 4.01. The standard InChI is InChI=1S/C12H16N4O2/c1-3-13-7-9-5-6-11-14-8-10(16(11)15-9)12(17)18-4-2/h5-8,12,17H,3-4H2,1-2H3. The summed E-state index contributed by atoms with van der Waals surface area (Å²) in [5.74, 6) is 0. The van der Waals surface area contributed by atoms with Gasteiger partial charge in [-0.2, -0.15) is 5.10 Å². The van der Waals surface area contributed by atoms with Crippen molar-refractivity contribution in [2.75, 3.05) is 13.2 Å². The van der Waals surface area contributed by atoms with Crippen LogP contribution in [0.25, 0.3) is 5.65 Å². The highest BCUT2D eigenvalue weighted by Crippen LogP contribution is 2.15. The van der Waals surface area contributed by atoms with Gasteiger partial charge >= 0.3 is 0 Å². The molecule has 0 spiro atoms. The van der Waals surface area contributed by atoms with Crippen molar-refractivity contribution < 1.29 is 9.84 Å². The van der Waals surface area contributed by atoms with E-state index in [-0.39, 0.29) is 0 Å². The summed E-state index contributed by atoms with van der Waals surface area (Å²) in [6, 6.07) is 3.66. The molecule has 0 amide bonds. The second kappa shape index (κ2) is 5.70.